The van der Waals surface area contributed by atoms with Crippen LogP contribution in [-0.2, 0) is 0 Å². The molecule has 2 aromatic carbocycles. The van der Waals surface area contributed by atoms with E-state index in [1.807, 2.05) is 4.98 Å². The predicted molar refractivity (Wildman–Crippen MR) is 110 cm³/mol. The molecule has 12 heteroatoms. The SMILES string of the molecule is Fc1cc(Br)cc2c(Cl)nc(Cl)nc12.O=c1[nH]c(=O)c2cc(Br)cc(F)c2[nH]1. The van der Waals surface area contributed by atoms with E-state index in [1.54, 1.807) is 6.07 Å². The molecule has 2 N–H and O–H groups in total. The van der Waals surface area contributed by atoms with E-state index >= 15 is 0 Å². The summed E-state index contributed by atoms with van der Waals surface area (Å²) in [4.78, 5) is 33.8. The van der Waals surface area contributed by atoms with E-state index in [-0.39, 0.29) is 26.9 Å². The molecular formula is C16H6Br2Cl2F2N4O2. The first-order chi connectivity index (χ1) is 13.2. The second-order valence-corrected chi connectivity index (χ2v) is 7.81. The third kappa shape index (κ3) is 4.40. The maximum atomic E-state index is 13.4. The summed E-state index contributed by atoms with van der Waals surface area (Å²) in [5.74, 6) is -1.13. The molecule has 0 aliphatic heterocycles. The monoisotopic (exact) mass is 552 g/mol. The first kappa shape index (κ1) is 20.8. The number of halogens is 6. The lowest BCUT2D eigenvalue weighted by Crippen LogP contribution is -2.22. The fraction of sp³-hybridized carbons (Fsp3) is 0. The second-order valence-electron chi connectivity index (χ2n) is 5.29. The van der Waals surface area contributed by atoms with Gasteiger partial charge in [-0.3, -0.25) is 9.78 Å². The van der Waals surface area contributed by atoms with Crippen LogP contribution in [0.5, 0.6) is 0 Å². The molecule has 2 aromatic heterocycles. The van der Waals surface area contributed by atoms with Gasteiger partial charge >= 0.3 is 5.69 Å². The van der Waals surface area contributed by atoms with Gasteiger partial charge in [0.1, 0.15) is 16.5 Å². The smallest absolute Gasteiger partial charge is 0.304 e. The average Bonchev–Trinajstić information content (AvgIpc) is 2.58. The van der Waals surface area contributed by atoms with Crippen LogP contribution in [0.3, 0.4) is 0 Å². The third-order valence-electron chi connectivity index (χ3n) is 3.41. The highest BCUT2D eigenvalue weighted by atomic mass is 79.9. The molecule has 2 heterocycles. The van der Waals surface area contributed by atoms with Crippen molar-refractivity contribution in [2.45, 2.75) is 0 Å². The van der Waals surface area contributed by atoms with Crippen molar-refractivity contribution in [3.05, 3.63) is 76.1 Å². The summed E-state index contributed by atoms with van der Waals surface area (Å²) in [6, 6.07) is 5.55. The average molecular weight is 555 g/mol. The first-order valence-corrected chi connectivity index (χ1v) is 9.59. The van der Waals surface area contributed by atoms with Gasteiger partial charge in [0.05, 0.1) is 10.9 Å². The fourth-order valence-electron chi connectivity index (χ4n) is 2.29. The van der Waals surface area contributed by atoms with Crippen molar-refractivity contribution < 1.29 is 8.78 Å². The zero-order chi connectivity index (χ0) is 20.6. The standard InChI is InChI=1S/C8H2BrCl2FN2.C8H4BrFN2O2/c9-3-1-4-6(5(12)2-3)13-8(11)14-7(4)10;9-3-1-4-6(5(10)2-3)11-8(14)12-7(4)13/h1-2H;1-2H,(H2,11,12,13,14). The van der Waals surface area contributed by atoms with Gasteiger partial charge in [0.25, 0.3) is 5.56 Å². The summed E-state index contributed by atoms with van der Waals surface area (Å²) >= 11 is 17.5. The van der Waals surface area contributed by atoms with Crippen molar-refractivity contribution in [2.24, 2.45) is 0 Å². The molecule has 0 atom stereocenters. The van der Waals surface area contributed by atoms with Crippen molar-refractivity contribution in [1.82, 2.24) is 19.9 Å². The Bertz CT molecular complexity index is 1300. The molecule has 4 rings (SSSR count). The quantitative estimate of drug-likeness (QED) is 0.237. The predicted octanol–water partition coefficient (Wildman–Crippen LogP) is 4.96. The maximum Gasteiger partial charge on any atom is 0.326 e. The number of aromatic amines is 2. The number of rotatable bonds is 0. The minimum atomic E-state index is -0.719. The van der Waals surface area contributed by atoms with Gasteiger partial charge < -0.3 is 4.98 Å². The summed E-state index contributed by atoms with van der Waals surface area (Å²) in [6.07, 6.45) is 0. The highest BCUT2D eigenvalue weighted by Crippen LogP contribution is 2.27. The summed E-state index contributed by atoms with van der Waals surface area (Å²) in [7, 11) is 0. The molecule has 0 radical (unpaired) electrons. The van der Waals surface area contributed by atoms with E-state index < -0.39 is 22.9 Å². The lowest BCUT2D eigenvalue weighted by atomic mass is 10.2. The molecule has 0 aliphatic carbocycles. The third-order valence-corrected chi connectivity index (χ3v) is 4.78. The van der Waals surface area contributed by atoms with Crippen LogP contribution in [0.4, 0.5) is 8.78 Å². The largest absolute Gasteiger partial charge is 0.326 e. The molecule has 0 unspecified atom stereocenters. The van der Waals surface area contributed by atoms with E-state index in [4.69, 9.17) is 23.2 Å². The molecule has 4 aromatic rings. The molecule has 0 aliphatic rings. The van der Waals surface area contributed by atoms with Gasteiger partial charge in [0, 0.05) is 14.3 Å². The van der Waals surface area contributed by atoms with Gasteiger partial charge in [-0.1, -0.05) is 43.5 Å². The summed E-state index contributed by atoms with van der Waals surface area (Å²) in [6.45, 7) is 0. The first-order valence-electron chi connectivity index (χ1n) is 7.25. The highest BCUT2D eigenvalue weighted by Gasteiger charge is 2.10. The number of fused-ring (bicyclic) bond motifs is 2. The highest BCUT2D eigenvalue weighted by molar-refractivity contribution is 9.10. The van der Waals surface area contributed by atoms with Crippen LogP contribution in [0.15, 0.2) is 42.8 Å². The molecule has 144 valence electrons. The van der Waals surface area contributed by atoms with E-state index in [9.17, 15) is 18.4 Å². The Morgan fingerprint density at radius 1 is 0.857 bits per heavy atom. The molecule has 0 saturated carbocycles. The van der Waals surface area contributed by atoms with E-state index in [0.29, 0.717) is 14.3 Å². The van der Waals surface area contributed by atoms with Gasteiger partial charge in [-0.05, 0) is 35.9 Å². The van der Waals surface area contributed by atoms with Crippen LogP contribution in [0.2, 0.25) is 10.4 Å². The molecule has 6 nitrogen and oxygen atoms in total. The van der Waals surface area contributed by atoms with Crippen molar-refractivity contribution >= 4 is 76.9 Å². The summed E-state index contributed by atoms with van der Waals surface area (Å²) in [5.41, 5.74) is -1.28. The Morgan fingerprint density at radius 2 is 1.46 bits per heavy atom. The normalized spacial score (nSPS) is 10.8. The van der Waals surface area contributed by atoms with Gasteiger partial charge in [-0.2, -0.15) is 0 Å². The van der Waals surface area contributed by atoms with Gasteiger partial charge in [0.15, 0.2) is 5.82 Å². The van der Waals surface area contributed by atoms with Crippen molar-refractivity contribution in [3.8, 4) is 0 Å². The minimum Gasteiger partial charge on any atom is -0.304 e. The van der Waals surface area contributed by atoms with Gasteiger partial charge in [-0.15, -0.1) is 0 Å². The Labute approximate surface area is 181 Å². The molecule has 0 amide bonds. The Kier molecular flexibility index (Phi) is 6.13. The zero-order valence-corrected chi connectivity index (χ0v) is 18.0. The van der Waals surface area contributed by atoms with Crippen LogP contribution >= 0.6 is 55.1 Å². The number of aromatic nitrogens is 4. The number of benzene rings is 2. The maximum absolute atomic E-state index is 13.4. The summed E-state index contributed by atoms with van der Waals surface area (Å²) < 4.78 is 27.6. The molecule has 0 saturated heterocycles. The van der Waals surface area contributed by atoms with Crippen LogP contribution in [-0.4, -0.2) is 19.9 Å². The Morgan fingerprint density at radius 3 is 2.14 bits per heavy atom. The van der Waals surface area contributed by atoms with Crippen molar-refractivity contribution in [2.75, 3.05) is 0 Å². The van der Waals surface area contributed by atoms with Crippen LogP contribution in [0, 0.1) is 11.6 Å². The molecular weight excluding hydrogens is 549 g/mol. The number of H-pyrrole nitrogens is 2. The van der Waals surface area contributed by atoms with Gasteiger partial charge in [0.2, 0.25) is 5.28 Å². The van der Waals surface area contributed by atoms with Crippen molar-refractivity contribution in [1.29, 1.82) is 0 Å². The topological polar surface area (TPSA) is 91.5 Å². The van der Waals surface area contributed by atoms with Crippen LogP contribution in [0.25, 0.3) is 21.8 Å². The van der Waals surface area contributed by atoms with E-state index in [0.717, 1.165) is 0 Å². The molecule has 0 bridgehead atoms. The number of nitrogens with zero attached hydrogens (tertiary/aromatic N) is 2. The number of hydrogen-bond donors (Lipinski definition) is 2. The molecule has 0 spiro atoms. The molecule has 28 heavy (non-hydrogen) atoms. The molecule has 0 fully saturated rings. The Hall–Kier alpha value is -1.88. The van der Waals surface area contributed by atoms with E-state index in [1.165, 1.54) is 18.2 Å². The van der Waals surface area contributed by atoms with Crippen molar-refractivity contribution in [3.63, 3.8) is 0 Å². The summed E-state index contributed by atoms with van der Waals surface area (Å²) in [5, 5.41) is 0.614. The second kappa shape index (κ2) is 8.24. The van der Waals surface area contributed by atoms with Crippen LogP contribution in [0.1, 0.15) is 0 Å². The lowest BCUT2D eigenvalue weighted by molar-refractivity contribution is 0.635. The van der Waals surface area contributed by atoms with Crippen LogP contribution < -0.4 is 11.2 Å². The fourth-order valence-corrected chi connectivity index (χ4v) is 3.59. The lowest BCUT2D eigenvalue weighted by Gasteiger charge is -2.01. The zero-order valence-electron chi connectivity index (χ0n) is 13.3. The number of nitrogens with one attached hydrogen (secondary N) is 2. The minimum absolute atomic E-state index is 0.0660. The number of hydrogen-bond acceptors (Lipinski definition) is 4. The van der Waals surface area contributed by atoms with E-state index in [2.05, 4.69) is 46.8 Å². The van der Waals surface area contributed by atoms with Gasteiger partial charge in [-0.25, -0.2) is 23.5 Å². The Balaban J connectivity index is 0.000000161.